The molecule has 20 heavy (non-hydrogen) atoms. The lowest BCUT2D eigenvalue weighted by Gasteiger charge is -2.24. The zero-order valence-corrected chi connectivity index (χ0v) is 14.3. The molecule has 7 heteroatoms. The van der Waals surface area contributed by atoms with Crippen LogP contribution in [-0.2, 0) is 19.8 Å². The van der Waals surface area contributed by atoms with E-state index >= 15 is 0 Å². The van der Waals surface area contributed by atoms with E-state index in [1.54, 1.807) is 32.7 Å². The number of benzene rings is 1. The highest BCUT2D eigenvalue weighted by molar-refractivity contribution is 7.07. The first kappa shape index (κ1) is 17.3. The van der Waals surface area contributed by atoms with Crippen molar-refractivity contribution in [3.05, 3.63) is 46.9 Å². The second kappa shape index (κ2) is 7.87. The largest absolute Gasteiger partial charge is 1.00 e. The standard InChI is InChI=1S/C13H18NO3SSi.ClH/c1-15-19(16-2,17-3)13-6-4-12(5-7-13)10-14-8-9-18-11-14;/h4-9,11H,10H2,1-3H3;1H/q+1;/p-1. The van der Waals surface area contributed by atoms with Crippen LogP contribution in [0.15, 0.2) is 41.4 Å². The molecule has 0 unspecified atom stereocenters. The normalized spacial score (nSPS) is 11.2. The topological polar surface area (TPSA) is 31.6 Å². The van der Waals surface area contributed by atoms with Crippen molar-refractivity contribution in [2.24, 2.45) is 0 Å². The van der Waals surface area contributed by atoms with E-state index in [-0.39, 0.29) is 12.4 Å². The molecule has 110 valence electrons. The van der Waals surface area contributed by atoms with E-state index in [1.165, 1.54) is 5.56 Å². The molecule has 1 aromatic carbocycles. The van der Waals surface area contributed by atoms with Gasteiger partial charge in [-0.3, -0.25) is 0 Å². The third-order valence-corrected chi connectivity index (χ3v) is 6.33. The van der Waals surface area contributed by atoms with Crippen LogP contribution in [0, 0.1) is 0 Å². The molecule has 0 aliphatic rings. The number of rotatable bonds is 6. The summed E-state index contributed by atoms with van der Waals surface area (Å²) in [5.41, 5.74) is 3.32. The molecular weight excluding hydrogens is 314 g/mol. The van der Waals surface area contributed by atoms with Gasteiger partial charge in [0, 0.05) is 32.1 Å². The van der Waals surface area contributed by atoms with Crippen LogP contribution in [-0.4, -0.2) is 30.1 Å². The summed E-state index contributed by atoms with van der Waals surface area (Å²) in [6.07, 6.45) is 2.07. The number of aromatic nitrogens is 1. The predicted octanol–water partition coefficient (Wildman–Crippen LogP) is -1.83. The lowest BCUT2D eigenvalue weighted by Crippen LogP contribution is -3.00. The molecular formula is C13H18ClNO3SSi. The quantitative estimate of drug-likeness (QED) is 0.461. The summed E-state index contributed by atoms with van der Waals surface area (Å²) in [6, 6.07) is 8.20. The van der Waals surface area contributed by atoms with Crippen molar-refractivity contribution >= 4 is 25.3 Å². The first-order valence-electron chi connectivity index (χ1n) is 5.90. The van der Waals surface area contributed by atoms with E-state index in [9.17, 15) is 0 Å². The number of nitrogens with zero attached hydrogens (tertiary/aromatic N) is 1. The average molecular weight is 332 g/mol. The maximum Gasteiger partial charge on any atom is 0.536 e. The van der Waals surface area contributed by atoms with Crippen LogP contribution in [0.3, 0.4) is 0 Å². The smallest absolute Gasteiger partial charge is 0.536 e. The Balaban J connectivity index is 0.00000200. The van der Waals surface area contributed by atoms with Gasteiger partial charge in [0.05, 0.1) is 5.38 Å². The highest BCUT2D eigenvalue weighted by Gasteiger charge is 2.40. The van der Waals surface area contributed by atoms with Crippen molar-refractivity contribution < 1.29 is 30.3 Å². The van der Waals surface area contributed by atoms with Crippen LogP contribution in [0.4, 0.5) is 0 Å². The van der Waals surface area contributed by atoms with Gasteiger partial charge in [0.15, 0.2) is 12.7 Å². The van der Waals surface area contributed by atoms with E-state index in [4.69, 9.17) is 13.3 Å². The average Bonchev–Trinajstić information content (AvgIpc) is 2.96. The molecule has 0 radical (unpaired) electrons. The fourth-order valence-corrected chi connectivity index (χ4v) is 4.36. The monoisotopic (exact) mass is 331 g/mol. The molecule has 1 aromatic heterocycles. The molecule has 2 aromatic rings. The van der Waals surface area contributed by atoms with Gasteiger partial charge in [-0.05, 0) is 0 Å². The Kier molecular flexibility index (Phi) is 6.80. The van der Waals surface area contributed by atoms with Gasteiger partial charge in [0.25, 0.3) is 0 Å². The molecule has 0 saturated heterocycles. The molecule has 2 rings (SSSR count). The summed E-state index contributed by atoms with van der Waals surface area (Å²) in [5, 5.41) is 3.03. The Labute approximate surface area is 130 Å². The van der Waals surface area contributed by atoms with Gasteiger partial charge >= 0.3 is 8.80 Å². The first-order valence-corrected chi connectivity index (χ1v) is 8.57. The predicted molar refractivity (Wildman–Crippen MR) is 76.5 cm³/mol. The van der Waals surface area contributed by atoms with E-state index < -0.39 is 8.80 Å². The third kappa shape index (κ3) is 3.66. The molecule has 0 fully saturated rings. The molecule has 0 atom stereocenters. The second-order valence-electron chi connectivity index (χ2n) is 4.06. The molecule has 0 spiro atoms. The number of hydrogen-bond donors (Lipinski definition) is 0. The Bertz CT molecular complexity index is 495. The fraction of sp³-hybridized carbons (Fsp3) is 0.308. The Morgan fingerprint density at radius 2 is 1.65 bits per heavy atom. The summed E-state index contributed by atoms with van der Waals surface area (Å²) in [4.78, 5) is 0. The van der Waals surface area contributed by atoms with Crippen molar-refractivity contribution in [1.82, 2.24) is 0 Å². The molecule has 0 N–H and O–H groups in total. The fourth-order valence-electron chi connectivity index (χ4n) is 1.98. The molecule has 4 nitrogen and oxygen atoms in total. The maximum atomic E-state index is 5.46. The second-order valence-corrected chi connectivity index (χ2v) is 7.73. The molecule has 0 saturated carbocycles. The summed E-state index contributed by atoms with van der Waals surface area (Å²) < 4.78 is 18.5. The molecule has 0 bridgehead atoms. The highest BCUT2D eigenvalue weighted by Crippen LogP contribution is 2.08. The third-order valence-electron chi connectivity index (χ3n) is 3.01. The van der Waals surface area contributed by atoms with Crippen molar-refractivity contribution in [1.29, 1.82) is 0 Å². The first-order chi connectivity index (χ1) is 9.24. The Hall–Kier alpha value is -0.763. The Morgan fingerprint density at radius 3 is 2.10 bits per heavy atom. The van der Waals surface area contributed by atoms with Crippen molar-refractivity contribution in [2.45, 2.75) is 6.54 Å². The van der Waals surface area contributed by atoms with E-state index in [0.717, 1.165) is 11.7 Å². The zero-order chi connectivity index (χ0) is 13.7. The maximum absolute atomic E-state index is 5.46. The van der Waals surface area contributed by atoms with Crippen LogP contribution >= 0.6 is 11.3 Å². The summed E-state index contributed by atoms with van der Waals surface area (Å²) >= 11 is 1.69. The van der Waals surface area contributed by atoms with E-state index in [1.807, 2.05) is 12.1 Å². The van der Waals surface area contributed by atoms with E-state index in [0.29, 0.717) is 0 Å². The van der Waals surface area contributed by atoms with Gasteiger partial charge in [-0.25, -0.2) is 0 Å². The van der Waals surface area contributed by atoms with Crippen molar-refractivity contribution in [3.8, 4) is 0 Å². The number of halogens is 1. The minimum Gasteiger partial charge on any atom is -1.00 e. The van der Waals surface area contributed by atoms with Crippen LogP contribution in [0.25, 0.3) is 0 Å². The van der Waals surface area contributed by atoms with Gasteiger partial charge in [0.2, 0.25) is 5.51 Å². The van der Waals surface area contributed by atoms with Crippen LogP contribution in [0.5, 0.6) is 0 Å². The molecule has 0 aliphatic carbocycles. The number of hydrogen-bond acceptors (Lipinski definition) is 4. The summed E-state index contributed by atoms with van der Waals surface area (Å²) in [7, 11) is 2.16. The SMILES string of the molecule is CO[Si](OC)(OC)c1ccc(C[n+]2ccsc2)cc1.[Cl-]. The minimum absolute atomic E-state index is 0. The van der Waals surface area contributed by atoms with Gasteiger partial charge < -0.3 is 25.7 Å². The minimum atomic E-state index is -2.70. The summed E-state index contributed by atoms with van der Waals surface area (Å²) in [6.45, 7) is 0.866. The highest BCUT2D eigenvalue weighted by atomic mass is 35.5. The Morgan fingerprint density at radius 1 is 1.05 bits per heavy atom. The van der Waals surface area contributed by atoms with Gasteiger partial charge in [0.1, 0.15) is 0 Å². The van der Waals surface area contributed by atoms with Crippen LogP contribution in [0.2, 0.25) is 0 Å². The number of thiazole rings is 1. The van der Waals surface area contributed by atoms with Gasteiger partial charge in [-0.15, -0.1) is 0 Å². The van der Waals surface area contributed by atoms with Crippen molar-refractivity contribution in [2.75, 3.05) is 21.3 Å². The van der Waals surface area contributed by atoms with Crippen LogP contribution < -0.4 is 22.2 Å². The lowest BCUT2D eigenvalue weighted by atomic mass is 10.2. The van der Waals surface area contributed by atoms with Crippen molar-refractivity contribution in [3.63, 3.8) is 0 Å². The summed E-state index contributed by atoms with van der Waals surface area (Å²) in [5.74, 6) is 0. The van der Waals surface area contributed by atoms with Crippen LogP contribution in [0.1, 0.15) is 5.56 Å². The zero-order valence-electron chi connectivity index (χ0n) is 11.7. The molecule has 0 amide bonds. The molecule has 0 aliphatic heterocycles. The lowest BCUT2D eigenvalue weighted by molar-refractivity contribution is -0.683. The molecule has 1 heterocycles. The van der Waals surface area contributed by atoms with E-state index in [2.05, 4.69) is 33.8 Å². The van der Waals surface area contributed by atoms with Gasteiger partial charge in [-0.2, -0.15) is 4.57 Å². The van der Waals surface area contributed by atoms with Gasteiger partial charge in [-0.1, -0.05) is 35.6 Å².